The van der Waals surface area contributed by atoms with E-state index < -0.39 is 12.0 Å². The Morgan fingerprint density at radius 3 is 2.21 bits per heavy atom. The third kappa shape index (κ3) is 8.59. The predicted octanol–water partition coefficient (Wildman–Crippen LogP) is 1.76. The molecule has 0 saturated heterocycles. The maximum Gasteiger partial charge on any atom is 0.306 e. The normalized spacial score (nSPS) is 15.9. The molecule has 0 saturated carbocycles. The Bertz CT molecular complexity index is 292. The maximum absolute atomic E-state index is 11.8. The monoisotopic (exact) mass is 272 g/mol. The van der Waals surface area contributed by atoms with Gasteiger partial charge in [0.15, 0.2) is 0 Å². The summed E-state index contributed by atoms with van der Waals surface area (Å²) in [5, 5.41) is 11.6. The summed E-state index contributed by atoms with van der Waals surface area (Å²) in [6.07, 6.45) is 2.87. The van der Waals surface area contributed by atoms with Crippen molar-refractivity contribution < 1.29 is 14.7 Å². The summed E-state index contributed by atoms with van der Waals surface area (Å²) in [5.74, 6) is -0.818. The molecule has 0 aliphatic rings. The van der Waals surface area contributed by atoms with Gasteiger partial charge in [0.2, 0.25) is 5.91 Å². The van der Waals surface area contributed by atoms with Crippen LogP contribution in [0.25, 0.3) is 0 Å². The van der Waals surface area contributed by atoms with Crippen molar-refractivity contribution in [1.82, 2.24) is 5.32 Å². The van der Waals surface area contributed by atoms with Crippen LogP contribution in [0.2, 0.25) is 0 Å². The summed E-state index contributed by atoms with van der Waals surface area (Å²) < 4.78 is 0. The molecular formula is C14H28N2O3. The largest absolute Gasteiger partial charge is 0.481 e. The van der Waals surface area contributed by atoms with Crippen molar-refractivity contribution in [3.05, 3.63) is 0 Å². The van der Waals surface area contributed by atoms with Gasteiger partial charge in [-0.2, -0.15) is 0 Å². The van der Waals surface area contributed by atoms with E-state index in [0.29, 0.717) is 18.8 Å². The van der Waals surface area contributed by atoms with Crippen molar-refractivity contribution in [3.8, 4) is 0 Å². The van der Waals surface area contributed by atoms with Gasteiger partial charge in [0, 0.05) is 6.04 Å². The SMILES string of the molecule is CC(C)C[C@@H](N)C(=O)NC(C)CCCC(C)C(=O)O. The van der Waals surface area contributed by atoms with E-state index in [9.17, 15) is 9.59 Å². The number of carbonyl (C=O) groups is 2. The first-order chi connectivity index (χ1) is 8.73. The van der Waals surface area contributed by atoms with E-state index in [-0.39, 0.29) is 17.9 Å². The highest BCUT2D eigenvalue weighted by molar-refractivity contribution is 5.81. The van der Waals surface area contributed by atoms with Gasteiger partial charge < -0.3 is 16.2 Å². The molecule has 0 heterocycles. The quantitative estimate of drug-likeness (QED) is 0.596. The highest BCUT2D eigenvalue weighted by atomic mass is 16.4. The zero-order chi connectivity index (χ0) is 15.0. The minimum absolute atomic E-state index is 0.0340. The van der Waals surface area contributed by atoms with Crippen LogP contribution in [-0.2, 0) is 9.59 Å². The van der Waals surface area contributed by atoms with Crippen molar-refractivity contribution in [2.75, 3.05) is 0 Å². The van der Waals surface area contributed by atoms with Crippen molar-refractivity contribution in [2.24, 2.45) is 17.6 Å². The first-order valence-corrected chi connectivity index (χ1v) is 7.02. The molecule has 0 aliphatic carbocycles. The van der Waals surface area contributed by atoms with Gasteiger partial charge in [0.25, 0.3) is 0 Å². The number of nitrogens with two attached hydrogens (primary N) is 1. The maximum atomic E-state index is 11.8. The summed E-state index contributed by atoms with van der Waals surface area (Å²) in [5.41, 5.74) is 5.79. The van der Waals surface area contributed by atoms with Crippen molar-refractivity contribution in [3.63, 3.8) is 0 Å². The zero-order valence-electron chi connectivity index (χ0n) is 12.5. The number of nitrogens with one attached hydrogen (secondary N) is 1. The highest BCUT2D eigenvalue weighted by Gasteiger charge is 2.17. The molecule has 19 heavy (non-hydrogen) atoms. The van der Waals surface area contributed by atoms with Gasteiger partial charge in [-0.25, -0.2) is 0 Å². The first kappa shape index (κ1) is 17.9. The minimum Gasteiger partial charge on any atom is -0.481 e. The lowest BCUT2D eigenvalue weighted by molar-refractivity contribution is -0.141. The number of amides is 1. The Morgan fingerprint density at radius 1 is 1.16 bits per heavy atom. The van der Waals surface area contributed by atoms with E-state index in [4.69, 9.17) is 10.8 Å². The van der Waals surface area contributed by atoms with Crippen molar-refractivity contribution in [2.45, 2.75) is 65.5 Å². The van der Waals surface area contributed by atoms with Gasteiger partial charge in [-0.1, -0.05) is 27.2 Å². The molecule has 5 nitrogen and oxygen atoms in total. The number of rotatable bonds is 9. The van der Waals surface area contributed by atoms with Gasteiger partial charge in [-0.3, -0.25) is 9.59 Å². The molecule has 1 amide bonds. The topological polar surface area (TPSA) is 92.4 Å². The number of carboxylic acids is 1. The lowest BCUT2D eigenvalue weighted by atomic mass is 10.0. The molecule has 0 aromatic heterocycles. The summed E-state index contributed by atoms with van der Waals surface area (Å²) in [7, 11) is 0. The fourth-order valence-electron chi connectivity index (χ4n) is 1.89. The number of hydrogen-bond donors (Lipinski definition) is 3. The summed E-state index contributed by atoms with van der Waals surface area (Å²) in [6, 6.07) is -0.424. The van der Waals surface area contributed by atoms with Crippen LogP contribution >= 0.6 is 0 Å². The number of aliphatic carboxylic acids is 1. The molecule has 0 aromatic carbocycles. The van der Waals surface area contributed by atoms with E-state index in [1.165, 1.54) is 0 Å². The molecule has 0 bridgehead atoms. The second-order valence-electron chi connectivity index (χ2n) is 5.82. The van der Waals surface area contributed by atoms with Crippen LogP contribution < -0.4 is 11.1 Å². The molecule has 0 aromatic rings. The summed E-state index contributed by atoms with van der Waals surface area (Å²) in [4.78, 5) is 22.4. The Morgan fingerprint density at radius 2 is 1.74 bits per heavy atom. The van der Waals surface area contributed by atoms with Crippen LogP contribution in [0.3, 0.4) is 0 Å². The number of carboxylic acid groups (broad SMARTS) is 1. The Hall–Kier alpha value is -1.10. The number of hydrogen-bond acceptors (Lipinski definition) is 3. The van der Waals surface area contributed by atoms with Gasteiger partial charge in [0.1, 0.15) is 0 Å². The lowest BCUT2D eigenvalue weighted by Gasteiger charge is -2.19. The van der Waals surface area contributed by atoms with Gasteiger partial charge in [0.05, 0.1) is 12.0 Å². The fourth-order valence-corrected chi connectivity index (χ4v) is 1.89. The first-order valence-electron chi connectivity index (χ1n) is 7.02. The second kappa shape index (κ2) is 8.91. The molecule has 5 heteroatoms. The van der Waals surface area contributed by atoms with Crippen LogP contribution in [-0.4, -0.2) is 29.1 Å². The predicted molar refractivity (Wildman–Crippen MR) is 75.7 cm³/mol. The molecule has 0 fully saturated rings. The van der Waals surface area contributed by atoms with E-state index in [1.807, 2.05) is 20.8 Å². The van der Waals surface area contributed by atoms with E-state index in [0.717, 1.165) is 12.8 Å². The Balaban J connectivity index is 3.88. The molecule has 3 atom stereocenters. The zero-order valence-corrected chi connectivity index (χ0v) is 12.5. The highest BCUT2D eigenvalue weighted by Crippen LogP contribution is 2.10. The van der Waals surface area contributed by atoms with Crippen LogP contribution in [0, 0.1) is 11.8 Å². The van der Waals surface area contributed by atoms with E-state index in [2.05, 4.69) is 5.32 Å². The molecule has 4 N–H and O–H groups in total. The van der Waals surface area contributed by atoms with E-state index >= 15 is 0 Å². The minimum atomic E-state index is -0.768. The van der Waals surface area contributed by atoms with Crippen LogP contribution in [0.1, 0.15) is 53.4 Å². The number of carbonyl (C=O) groups excluding carboxylic acids is 1. The van der Waals surface area contributed by atoms with Gasteiger partial charge in [-0.05, 0) is 32.1 Å². The third-order valence-electron chi connectivity index (χ3n) is 3.15. The Kier molecular flexibility index (Phi) is 8.39. The molecular weight excluding hydrogens is 244 g/mol. The molecule has 2 unspecified atom stereocenters. The fraction of sp³-hybridized carbons (Fsp3) is 0.857. The van der Waals surface area contributed by atoms with Gasteiger partial charge in [-0.15, -0.1) is 0 Å². The second-order valence-corrected chi connectivity index (χ2v) is 5.82. The summed E-state index contributed by atoms with van der Waals surface area (Å²) in [6.45, 7) is 7.68. The van der Waals surface area contributed by atoms with E-state index in [1.54, 1.807) is 6.92 Å². The van der Waals surface area contributed by atoms with Crippen LogP contribution in [0.4, 0.5) is 0 Å². The third-order valence-corrected chi connectivity index (χ3v) is 3.15. The molecule has 0 spiro atoms. The van der Waals surface area contributed by atoms with Crippen molar-refractivity contribution in [1.29, 1.82) is 0 Å². The average Bonchev–Trinajstić information content (AvgIpc) is 2.27. The smallest absolute Gasteiger partial charge is 0.306 e. The lowest BCUT2D eigenvalue weighted by Crippen LogP contribution is -2.45. The average molecular weight is 272 g/mol. The van der Waals surface area contributed by atoms with Gasteiger partial charge >= 0.3 is 5.97 Å². The molecule has 0 aliphatic heterocycles. The molecule has 0 rings (SSSR count). The van der Waals surface area contributed by atoms with Crippen LogP contribution in [0.5, 0.6) is 0 Å². The van der Waals surface area contributed by atoms with Crippen molar-refractivity contribution >= 4 is 11.9 Å². The Labute approximate surface area is 115 Å². The molecule has 112 valence electrons. The van der Waals surface area contributed by atoms with Crippen LogP contribution in [0.15, 0.2) is 0 Å². The summed E-state index contributed by atoms with van der Waals surface area (Å²) >= 11 is 0. The standard InChI is InChI=1S/C14H28N2O3/c1-9(2)8-12(15)13(17)16-11(4)7-5-6-10(3)14(18)19/h9-12H,5-8,15H2,1-4H3,(H,16,17)(H,18,19)/t10?,11?,12-/m1/s1. The molecule has 0 radical (unpaired) electrons.